The number of anilines is 2. The van der Waals surface area contributed by atoms with E-state index in [0.29, 0.717) is 37.7 Å². The van der Waals surface area contributed by atoms with Crippen molar-refractivity contribution < 1.29 is 19.1 Å². The summed E-state index contributed by atoms with van der Waals surface area (Å²) in [5.41, 5.74) is 1.62. The summed E-state index contributed by atoms with van der Waals surface area (Å²) in [6.07, 6.45) is 0. The Morgan fingerprint density at radius 2 is 1.77 bits per heavy atom. The van der Waals surface area contributed by atoms with E-state index in [1.165, 1.54) is 13.2 Å². The maximum atomic E-state index is 12.8. The lowest BCUT2D eigenvalue weighted by Crippen LogP contribution is -2.29. The zero-order valence-electron chi connectivity index (χ0n) is 15.6. The van der Waals surface area contributed by atoms with E-state index >= 15 is 0 Å². The molecular formula is C22H14BrClN2O4. The maximum Gasteiger partial charge on any atom is 0.266 e. The molecule has 0 saturated carbocycles. The number of ether oxygens (including phenoxy) is 1. The lowest BCUT2D eigenvalue weighted by Gasteiger charge is -2.15. The third-order valence-corrected chi connectivity index (χ3v) is 5.35. The van der Waals surface area contributed by atoms with Gasteiger partial charge in [-0.25, -0.2) is 4.90 Å². The fraction of sp³-hybridized carbons (Fsp3) is 0.0455. The number of benzene rings is 3. The van der Waals surface area contributed by atoms with Gasteiger partial charge in [-0.15, -0.1) is 0 Å². The normalized spacial score (nSPS) is 12.7. The highest BCUT2D eigenvalue weighted by atomic mass is 79.9. The standard InChI is InChI=1S/C22H14BrClN2O4/c1-30-19-8-6-14(24)11-18(19)25-20(27)12-3-2-4-15(9-12)26-21(28)16-7-5-13(23)10-17(16)22(26)29/h2-11H,1H3,(H,25,27). The van der Waals surface area contributed by atoms with Gasteiger partial charge < -0.3 is 10.1 Å². The minimum Gasteiger partial charge on any atom is -0.495 e. The SMILES string of the molecule is COc1ccc(Cl)cc1NC(=O)c1cccc(N2C(=O)c3ccc(Br)cc3C2=O)c1. The number of halogens is 2. The van der Waals surface area contributed by atoms with Crippen molar-refractivity contribution in [3.63, 3.8) is 0 Å². The van der Waals surface area contributed by atoms with Gasteiger partial charge in [0.25, 0.3) is 17.7 Å². The number of methoxy groups -OCH3 is 1. The minimum absolute atomic E-state index is 0.271. The Morgan fingerprint density at radius 1 is 1.00 bits per heavy atom. The number of fused-ring (bicyclic) bond motifs is 1. The zero-order valence-corrected chi connectivity index (χ0v) is 18.0. The molecule has 0 aromatic heterocycles. The number of amides is 3. The first-order chi connectivity index (χ1) is 14.4. The molecule has 0 fully saturated rings. The quantitative estimate of drug-likeness (QED) is 0.518. The molecule has 150 valence electrons. The lowest BCUT2D eigenvalue weighted by molar-refractivity contribution is 0.0924. The van der Waals surface area contributed by atoms with Crippen molar-refractivity contribution in [2.75, 3.05) is 17.3 Å². The predicted octanol–water partition coefficient (Wildman–Crippen LogP) is 5.16. The third-order valence-electron chi connectivity index (χ3n) is 4.62. The molecule has 30 heavy (non-hydrogen) atoms. The molecule has 1 aliphatic heterocycles. The van der Waals surface area contributed by atoms with Crippen LogP contribution in [0.4, 0.5) is 11.4 Å². The van der Waals surface area contributed by atoms with E-state index < -0.39 is 17.7 Å². The number of imide groups is 1. The van der Waals surface area contributed by atoms with Gasteiger partial charge in [-0.3, -0.25) is 14.4 Å². The van der Waals surface area contributed by atoms with Crippen molar-refractivity contribution >= 4 is 56.6 Å². The molecule has 3 aromatic rings. The Kier molecular flexibility index (Phi) is 5.32. The second kappa shape index (κ2) is 7.93. The van der Waals surface area contributed by atoms with Crippen molar-refractivity contribution in [2.24, 2.45) is 0 Å². The van der Waals surface area contributed by atoms with Crippen molar-refractivity contribution in [2.45, 2.75) is 0 Å². The average molecular weight is 486 g/mol. The lowest BCUT2D eigenvalue weighted by atomic mass is 10.1. The van der Waals surface area contributed by atoms with Gasteiger partial charge in [-0.2, -0.15) is 0 Å². The van der Waals surface area contributed by atoms with E-state index in [-0.39, 0.29) is 5.56 Å². The second-order valence-corrected chi connectivity index (χ2v) is 7.84. The van der Waals surface area contributed by atoms with Crippen LogP contribution in [0.2, 0.25) is 5.02 Å². The fourth-order valence-electron chi connectivity index (χ4n) is 3.21. The number of hydrogen-bond donors (Lipinski definition) is 1. The molecule has 1 aliphatic rings. The summed E-state index contributed by atoms with van der Waals surface area (Å²) >= 11 is 9.32. The summed E-state index contributed by atoms with van der Waals surface area (Å²) in [4.78, 5) is 39.4. The van der Waals surface area contributed by atoms with Crippen LogP contribution < -0.4 is 15.0 Å². The van der Waals surface area contributed by atoms with Crippen LogP contribution in [0.1, 0.15) is 31.1 Å². The van der Waals surface area contributed by atoms with Crippen LogP contribution in [0.3, 0.4) is 0 Å². The van der Waals surface area contributed by atoms with E-state index in [1.807, 2.05) is 0 Å². The first-order valence-corrected chi connectivity index (χ1v) is 9.99. The number of hydrogen-bond acceptors (Lipinski definition) is 4. The first-order valence-electron chi connectivity index (χ1n) is 8.82. The van der Waals surface area contributed by atoms with Gasteiger partial charge in [0.15, 0.2) is 0 Å². The topological polar surface area (TPSA) is 75.7 Å². The van der Waals surface area contributed by atoms with Gasteiger partial charge in [0, 0.05) is 15.1 Å². The molecule has 0 aliphatic carbocycles. The zero-order chi connectivity index (χ0) is 21.4. The van der Waals surface area contributed by atoms with Crippen LogP contribution >= 0.6 is 27.5 Å². The van der Waals surface area contributed by atoms with Gasteiger partial charge in [0.2, 0.25) is 0 Å². The summed E-state index contributed by atoms with van der Waals surface area (Å²) in [5.74, 6) is -0.853. The third kappa shape index (κ3) is 3.58. The van der Waals surface area contributed by atoms with E-state index in [1.54, 1.807) is 54.6 Å². The summed E-state index contributed by atoms with van der Waals surface area (Å²) in [7, 11) is 1.49. The number of rotatable bonds is 4. The monoisotopic (exact) mass is 484 g/mol. The Hall–Kier alpha value is -3.16. The largest absolute Gasteiger partial charge is 0.495 e. The smallest absolute Gasteiger partial charge is 0.266 e. The molecule has 0 saturated heterocycles. The number of carbonyl (C=O) groups excluding carboxylic acids is 3. The molecule has 3 aromatic carbocycles. The molecular weight excluding hydrogens is 472 g/mol. The van der Waals surface area contributed by atoms with E-state index in [2.05, 4.69) is 21.2 Å². The Bertz CT molecular complexity index is 1210. The molecule has 1 heterocycles. The summed E-state index contributed by atoms with van der Waals surface area (Å²) in [5, 5.41) is 3.18. The second-order valence-electron chi connectivity index (χ2n) is 6.48. The number of nitrogens with zero attached hydrogens (tertiary/aromatic N) is 1. The average Bonchev–Trinajstić information content (AvgIpc) is 2.98. The van der Waals surface area contributed by atoms with E-state index in [4.69, 9.17) is 16.3 Å². The minimum atomic E-state index is -0.439. The Balaban J connectivity index is 1.64. The van der Waals surface area contributed by atoms with Crippen LogP contribution in [0.15, 0.2) is 65.1 Å². The molecule has 0 bridgehead atoms. The molecule has 0 radical (unpaired) electrons. The predicted molar refractivity (Wildman–Crippen MR) is 118 cm³/mol. The number of carbonyl (C=O) groups is 3. The van der Waals surface area contributed by atoms with E-state index in [0.717, 1.165) is 4.90 Å². The summed E-state index contributed by atoms with van der Waals surface area (Å²) < 4.78 is 5.94. The highest BCUT2D eigenvalue weighted by molar-refractivity contribution is 9.10. The molecule has 0 spiro atoms. The molecule has 3 amide bonds. The van der Waals surface area contributed by atoms with Crippen LogP contribution in [0, 0.1) is 0 Å². The van der Waals surface area contributed by atoms with Crippen LogP contribution in [0.25, 0.3) is 0 Å². The highest BCUT2D eigenvalue weighted by Gasteiger charge is 2.36. The van der Waals surface area contributed by atoms with Gasteiger partial charge in [-0.1, -0.05) is 33.6 Å². The Labute approximate surface area is 185 Å². The van der Waals surface area contributed by atoms with E-state index in [9.17, 15) is 14.4 Å². The van der Waals surface area contributed by atoms with Gasteiger partial charge in [-0.05, 0) is 54.6 Å². The van der Waals surface area contributed by atoms with Crippen molar-refractivity contribution in [3.05, 3.63) is 86.8 Å². The molecule has 0 unspecified atom stereocenters. The highest BCUT2D eigenvalue weighted by Crippen LogP contribution is 2.32. The maximum absolute atomic E-state index is 12.8. The van der Waals surface area contributed by atoms with Crippen LogP contribution in [-0.4, -0.2) is 24.8 Å². The Morgan fingerprint density at radius 3 is 2.53 bits per heavy atom. The molecule has 6 nitrogen and oxygen atoms in total. The molecule has 0 atom stereocenters. The van der Waals surface area contributed by atoms with Crippen LogP contribution in [-0.2, 0) is 0 Å². The van der Waals surface area contributed by atoms with Gasteiger partial charge in [0.1, 0.15) is 5.75 Å². The van der Waals surface area contributed by atoms with Gasteiger partial charge in [0.05, 0.1) is 29.6 Å². The van der Waals surface area contributed by atoms with Crippen molar-refractivity contribution in [1.29, 1.82) is 0 Å². The summed E-state index contributed by atoms with van der Waals surface area (Å²) in [6.45, 7) is 0. The molecule has 4 rings (SSSR count). The number of nitrogens with one attached hydrogen (secondary N) is 1. The fourth-order valence-corrected chi connectivity index (χ4v) is 3.74. The van der Waals surface area contributed by atoms with Gasteiger partial charge >= 0.3 is 0 Å². The van der Waals surface area contributed by atoms with Crippen molar-refractivity contribution in [3.8, 4) is 5.75 Å². The summed E-state index contributed by atoms with van der Waals surface area (Å²) in [6, 6.07) is 16.1. The van der Waals surface area contributed by atoms with Crippen molar-refractivity contribution in [1.82, 2.24) is 0 Å². The van der Waals surface area contributed by atoms with Crippen LogP contribution in [0.5, 0.6) is 5.75 Å². The first kappa shape index (κ1) is 20.1. The molecule has 1 N–H and O–H groups in total. The molecule has 8 heteroatoms.